The zero-order valence-electron chi connectivity index (χ0n) is 9.40. The lowest BCUT2D eigenvalue weighted by Crippen LogP contribution is -1.90. The maximum absolute atomic E-state index is 8.00. The second-order valence-corrected chi connectivity index (χ2v) is 3.02. The minimum Gasteiger partial charge on any atom is -0.493 e. The van der Waals surface area contributed by atoms with Gasteiger partial charge in [-0.2, -0.15) is 0 Å². The largest absolute Gasteiger partial charge is 0.493 e. The van der Waals surface area contributed by atoms with E-state index in [0.29, 0.717) is 0 Å². The summed E-state index contributed by atoms with van der Waals surface area (Å²) in [5.41, 5.74) is 0. The fourth-order valence-corrected chi connectivity index (χ4v) is 1.59. The third kappa shape index (κ3) is 2.14. The van der Waals surface area contributed by atoms with Crippen LogP contribution in [0.15, 0.2) is 36.4 Å². The van der Waals surface area contributed by atoms with E-state index in [-0.39, 0.29) is 0 Å². The molecule has 0 atom stereocenters. The summed E-state index contributed by atoms with van der Waals surface area (Å²) in [7, 11) is 3.30. The zero-order valence-corrected chi connectivity index (χ0v) is 9.40. The number of carbonyl (C=O) groups excluding carboxylic acids is 1. The van der Waals surface area contributed by atoms with Crippen LogP contribution in [0.4, 0.5) is 0 Å². The predicted molar refractivity (Wildman–Crippen MR) is 64.2 cm³/mol. The SMILES string of the molecule is C=O.COc1ccc2ccccc2c1OC. The van der Waals surface area contributed by atoms with Gasteiger partial charge in [0.1, 0.15) is 6.79 Å². The van der Waals surface area contributed by atoms with Gasteiger partial charge in [-0.05, 0) is 11.5 Å². The van der Waals surface area contributed by atoms with Gasteiger partial charge in [-0.15, -0.1) is 0 Å². The monoisotopic (exact) mass is 218 g/mol. The average Bonchev–Trinajstić information content (AvgIpc) is 2.39. The summed E-state index contributed by atoms with van der Waals surface area (Å²) in [6, 6.07) is 12.0. The highest BCUT2D eigenvalue weighted by Crippen LogP contribution is 2.34. The molecule has 0 fully saturated rings. The third-order valence-electron chi connectivity index (χ3n) is 2.27. The highest BCUT2D eigenvalue weighted by Gasteiger charge is 2.06. The summed E-state index contributed by atoms with van der Waals surface area (Å²) in [6.45, 7) is 2.00. The van der Waals surface area contributed by atoms with Crippen molar-refractivity contribution in [2.45, 2.75) is 0 Å². The maximum Gasteiger partial charge on any atom is 0.168 e. The van der Waals surface area contributed by atoms with Crippen LogP contribution in [-0.2, 0) is 4.79 Å². The molecular formula is C13H14O3. The maximum atomic E-state index is 8.00. The van der Waals surface area contributed by atoms with Crippen LogP contribution in [0.5, 0.6) is 11.5 Å². The van der Waals surface area contributed by atoms with Gasteiger partial charge in [0, 0.05) is 5.39 Å². The number of ether oxygens (including phenoxy) is 2. The topological polar surface area (TPSA) is 35.5 Å². The van der Waals surface area contributed by atoms with Crippen LogP contribution < -0.4 is 9.47 Å². The number of methoxy groups -OCH3 is 2. The molecule has 0 amide bonds. The lowest BCUT2D eigenvalue weighted by Gasteiger charge is -2.09. The molecular weight excluding hydrogens is 204 g/mol. The molecule has 0 heterocycles. The number of carbonyl (C=O) groups is 1. The lowest BCUT2D eigenvalue weighted by molar-refractivity contribution is -0.0979. The molecule has 2 aromatic carbocycles. The molecule has 2 rings (SSSR count). The first-order valence-corrected chi connectivity index (χ1v) is 4.75. The molecule has 16 heavy (non-hydrogen) atoms. The van der Waals surface area contributed by atoms with Gasteiger partial charge in [0.15, 0.2) is 11.5 Å². The first-order chi connectivity index (χ1) is 7.86. The molecule has 84 valence electrons. The second-order valence-electron chi connectivity index (χ2n) is 3.02. The summed E-state index contributed by atoms with van der Waals surface area (Å²) in [6.07, 6.45) is 0. The summed E-state index contributed by atoms with van der Waals surface area (Å²) >= 11 is 0. The summed E-state index contributed by atoms with van der Waals surface area (Å²) in [5.74, 6) is 1.57. The summed E-state index contributed by atoms with van der Waals surface area (Å²) in [5, 5.41) is 2.24. The molecule has 0 saturated carbocycles. The Morgan fingerprint density at radius 1 is 0.938 bits per heavy atom. The van der Waals surface area contributed by atoms with Gasteiger partial charge in [-0.25, -0.2) is 0 Å². The number of benzene rings is 2. The van der Waals surface area contributed by atoms with E-state index in [1.807, 2.05) is 37.1 Å². The Hall–Kier alpha value is -2.03. The van der Waals surface area contributed by atoms with Crippen molar-refractivity contribution >= 4 is 17.6 Å². The Bertz CT molecular complexity index is 466. The van der Waals surface area contributed by atoms with Crippen molar-refractivity contribution in [2.24, 2.45) is 0 Å². The van der Waals surface area contributed by atoms with Crippen molar-refractivity contribution in [3.63, 3.8) is 0 Å². The Kier molecular flexibility index (Phi) is 4.33. The van der Waals surface area contributed by atoms with E-state index >= 15 is 0 Å². The molecule has 0 unspecified atom stereocenters. The van der Waals surface area contributed by atoms with Crippen LogP contribution in [-0.4, -0.2) is 21.0 Å². The van der Waals surface area contributed by atoms with Crippen LogP contribution in [0.1, 0.15) is 0 Å². The quantitative estimate of drug-likeness (QED) is 0.777. The second kappa shape index (κ2) is 5.75. The van der Waals surface area contributed by atoms with Crippen molar-refractivity contribution < 1.29 is 14.3 Å². The van der Waals surface area contributed by atoms with E-state index in [1.165, 1.54) is 0 Å². The van der Waals surface area contributed by atoms with Crippen molar-refractivity contribution in [1.29, 1.82) is 0 Å². The molecule has 3 heteroatoms. The number of hydrogen-bond acceptors (Lipinski definition) is 3. The van der Waals surface area contributed by atoms with Crippen molar-refractivity contribution in [2.75, 3.05) is 14.2 Å². The smallest absolute Gasteiger partial charge is 0.168 e. The predicted octanol–water partition coefficient (Wildman–Crippen LogP) is 2.67. The minimum atomic E-state index is 0.770. The van der Waals surface area contributed by atoms with Crippen molar-refractivity contribution in [1.82, 2.24) is 0 Å². The van der Waals surface area contributed by atoms with Crippen LogP contribution in [0.2, 0.25) is 0 Å². The van der Waals surface area contributed by atoms with Crippen LogP contribution in [0.25, 0.3) is 10.8 Å². The van der Waals surface area contributed by atoms with Gasteiger partial charge in [0.25, 0.3) is 0 Å². The highest BCUT2D eigenvalue weighted by atomic mass is 16.5. The number of rotatable bonds is 2. The molecule has 0 N–H and O–H groups in total. The molecule has 0 aliphatic heterocycles. The molecule has 2 aromatic rings. The summed E-state index contributed by atoms with van der Waals surface area (Å²) < 4.78 is 10.5. The first kappa shape index (κ1) is 12.0. The van der Waals surface area contributed by atoms with Gasteiger partial charge in [-0.3, -0.25) is 0 Å². The van der Waals surface area contributed by atoms with Crippen LogP contribution in [0.3, 0.4) is 0 Å². The summed E-state index contributed by atoms with van der Waals surface area (Å²) in [4.78, 5) is 8.00. The normalized spacial score (nSPS) is 9.12. The minimum absolute atomic E-state index is 0.770. The van der Waals surface area contributed by atoms with Crippen LogP contribution >= 0.6 is 0 Å². The standard InChI is InChI=1S/C12H12O2.CH2O/c1-13-11-8-7-9-5-3-4-6-10(9)12(11)14-2;1-2/h3-8H,1-2H3;1H2. The molecule has 3 nitrogen and oxygen atoms in total. The van der Waals surface area contributed by atoms with Crippen molar-refractivity contribution in [3.05, 3.63) is 36.4 Å². The number of hydrogen-bond donors (Lipinski definition) is 0. The molecule has 0 radical (unpaired) electrons. The Balaban J connectivity index is 0.000000606. The van der Waals surface area contributed by atoms with E-state index < -0.39 is 0 Å². The van der Waals surface area contributed by atoms with E-state index in [9.17, 15) is 0 Å². The van der Waals surface area contributed by atoms with Crippen molar-refractivity contribution in [3.8, 4) is 11.5 Å². The lowest BCUT2D eigenvalue weighted by atomic mass is 10.1. The van der Waals surface area contributed by atoms with Gasteiger partial charge in [0.2, 0.25) is 0 Å². The molecule has 0 aliphatic carbocycles. The Morgan fingerprint density at radius 2 is 1.62 bits per heavy atom. The van der Waals surface area contributed by atoms with E-state index in [1.54, 1.807) is 14.2 Å². The van der Waals surface area contributed by atoms with E-state index in [0.717, 1.165) is 22.3 Å². The third-order valence-corrected chi connectivity index (χ3v) is 2.27. The molecule has 0 spiro atoms. The van der Waals surface area contributed by atoms with Gasteiger partial charge < -0.3 is 14.3 Å². The van der Waals surface area contributed by atoms with Gasteiger partial charge >= 0.3 is 0 Å². The van der Waals surface area contributed by atoms with Gasteiger partial charge in [0.05, 0.1) is 14.2 Å². The first-order valence-electron chi connectivity index (χ1n) is 4.75. The van der Waals surface area contributed by atoms with E-state index in [4.69, 9.17) is 14.3 Å². The van der Waals surface area contributed by atoms with Crippen LogP contribution in [0, 0.1) is 0 Å². The molecule has 0 aliphatic rings. The van der Waals surface area contributed by atoms with E-state index in [2.05, 4.69) is 6.07 Å². The number of fused-ring (bicyclic) bond motifs is 1. The highest BCUT2D eigenvalue weighted by molar-refractivity contribution is 5.90. The van der Waals surface area contributed by atoms with Gasteiger partial charge in [-0.1, -0.05) is 30.3 Å². The average molecular weight is 218 g/mol. The zero-order chi connectivity index (χ0) is 12.0. The Morgan fingerprint density at radius 3 is 2.25 bits per heavy atom. The molecule has 0 bridgehead atoms. The fourth-order valence-electron chi connectivity index (χ4n) is 1.59. The molecule has 0 saturated heterocycles. The fraction of sp³-hybridized carbons (Fsp3) is 0.154. The Labute approximate surface area is 94.6 Å². The molecule has 0 aromatic heterocycles.